The van der Waals surface area contributed by atoms with Crippen LogP contribution in [0.1, 0.15) is 30.4 Å². The zero-order valence-corrected chi connectivity index (χ0v) is 24.1. The van der Waals surface area contributed by atoms with Crippen molar-refractivity contribution >= 4 is 42.0 Å². The largest absolute Gasteiger partial charge is 0.505 e. The molecular formula is C33H30BFN2O8. The van der Waals surface area contributed by atoms with Crippen molar-refractivity contribution in [2.24, 2.45) is 17.8 Å². The van der Waals surface area contributed by atoms with E-state index in [0.717, 1.165) is 16.0 Å². The summed E-state index contributed by atoms with van der Waals surface area (Å²) in [7, 11) is -1.23. The van der Waals surface area contributed by atoms with Crippen LogP contribution < -0.4 is 4.90 Å². The van der Waals surface area contributed by atoms with Gasteiger partial charge in [-0.2, -0.15) is 0 Å². The zero-order valence-electron chi connectivity index (χ0n) is 24.1. The minimum absolute atomic E-state index is 0.0481. The summed E-state index contributed by atoms with van der Waals surface area (Å²) in [4.78, 5) is 39.2. The highest BCUT2D eigenvalue weighted by Gasteiger charge is 2.57. The zero-order chi connectivity index (χ0) is 31.8. The van der Waals surface area contributed by atoms with Crippen molar-refractivity contribution in [2.45, 2.75) is 31.7 Å². The Labute approximate surface area is 258 Å². The number of rotatable bonds is 8. The van der Waals surface area contributed by atoms with Crippen molar-refractivity contribution in [3.8, 4) is 5.75 Å². The predicted molar refractivity (Wildman–Crippen MR) is 164 cm³/mol. The Balaban J connectivity index is 1.31. The Morgan fingerprint density at radius 2 is 1.84 bits per heavy atom. The molecule has 1 aliphatic carbocycles. The van der Waals surface area contributed by atoms with Crippen LogP contribution in [-0.2, 0) is 14.2 Å². The van der Waals surface area contributed by atoms with Gasteiger partial charge in [-0.25, -0.2) is 9.29 Å². The van der Waals surface area contributed by atoms with Gasteiger partial charge in [0.05, 0.1) is 35.2 Å². The maximum absolute atomic E-state index is 14.1. The number of allylic oxidation sites excluding steroid dienone is 1. The average molecular weight is 612 g/mol. The van der Waals surface area contributed by atoms with E-state index in [0.29, 0.717) is 29.6 Å². The first-order chi connectivity index (χ1) is 21.7. The van der Waals surface area contributed by atoms with Crippen molar-refractivity contribution in [1.29, 1.82) is 0 Å². The van der Waals surface area contributed by atoms with Gasteiger partial charge in [-0.3, -0.25) is 19.7 Å². The molecule has 2 amide bonds. The summed E-state index contributed by atoms with van der Waals surface area (Å²) in [5, 5.41) is 42.3. The normalized spacial score (nSPS) is 23.3. The molecule has 0 spiro atoms. The van der Waals surface area contributed by atoms with Gasteiger partial charge < -0.3 is 19.9 Å². The summed E-state index contributed by atoms with van der Waals surface area (Å²) in [6.07, 6.45) is 2.06. The number of aliphatic hydroxyl groups excluding tert-OH is 1. The number of nitrogens with zero attached hydrogens (tertiary/aromatic N) is 2. The van der Waals surface area contributed by atoms with Gasteiger partial charge in [0.2, 0.25) is 11.8 Å². The van der Waals surface area contributed by atoms with Crippen LogP contribution in [0.3, 0.4) is 0 Å². The van der Waals surface area contributed by atoms with Crippen LogP contribution >= 0.6 is 0 Å². The molecular weight excluding hydrogens is 582 g/mol. The number of hydrogen-bond acceptors (Lipinski definition) is 8. The van der Waals surface area contributed by atoms with Crippen molar-refractivity contribution in [1.82, 2.24) is 0 Å². The van der Waals surface area contributed by atoms with Crippen LogP contribution in [0.15, 0.2) is 83.9 Å². The number of phenolic OH excluding ortho intramolecular Hbond substituents is 1. The van der Waals surface area contributed by atoms with Gasteiger partial charge in [-0.1, -0.05) is 48.5 Å². The quantitative estimate of drug-likeness (QED) is 0.0824. The number of fused-ring (bicyclic) bond motifs is 3. The first-order valence-electron chi connectivity index (χ1n) is 14.7. The molecule has 12 heteroatoms. The molecule has 3 aliphatic rings. The molecule has 2 fully saturated rings. The van der Waals surface area contributed by atoms with Crippen LogP contribution in [0.5, 0.6) is 5.75 Å². The smallest absolute Gasteiger partial charge is 0.455 e. The molecule has 10 nitrogen and oxygen atoms in total. The van der Waals surface area contributed by atoms with Gasteiger partial charge in [0.15, 0.2) is 11.6 Å². The fourth-order valence-corrected chi connectivity index (χ4v) is 6.96. The standard InChI is InChI=1S/C33H30BFN2O8/c35-27-14-19(9-11-28(27)39)13-21(20-5-2-1-3-6-20)10-12-29-30-22(18-38)15-25-31(26(30)17-34(42)45-29)33(41)36(32(25)40)23-7-4-8-24(16-23)37(43)44/h1-9,11,13-14,16,25-26,29,31,38-39,42H,10,12,15,17-18H2/b21-13-/t25-,26+,29-,31-/m1/s1. The van der Waals surface area contributed by atoms with Gasteiger partial charge in [-0.15, -0.1) is 0 Å². The molecule has 2 aliphatic heterocycles. The molecule has 0 bridgehead atoms. The van der Waals surface area contributed by atoms with Gasteiger partial charge in [0, 0.05) is 12.1 Å². The third-order valence-electron chi connectivity index (χ3n) is 8.93. The second-order valence-corrected chi connectivity index (χ2v) is 11.5. The second kappa shape index (κ2) is 12.4. The lowest BCUT2D eigenvalue weighted by Crippen LogP contribution is -2.46. The number of anilines is 1. The summed E-state index contributed by atoms with van der Waals surface area (Å²) in [5.41, 5.74) is 3.37. The lowest BCUT2D eigenvalue weighted by Gasteiger charge is -2.43. The van der Waals surface area contributed by atoms with E-state index in [1.165, 1.54) is 36.4 Å². The van der Waals surface area contributed by atoms with E-state index < -0.39 is 59.3 Å². The Morgan fingerprint density at radius 3 is 2.56 bits per heavy atom. The molecule has 0 unspecified atom stereocenters. The Bertz CT molecular complexity index is 1730. The third kappa shape index (κ3) is 5.79. The summed E-state index contributed by atoms with van der Waals surface area (Å²) < 4.78 is 20.1. The number of carbonyl (C=O) groups excluding carboxylic acids is 2. The fourth-order valence-electron chi connectivity index (χ4n) is 6.96. The van der Waals surface area contributed by atoms with Crippen molar-refractivity contribution < 1.29 is 38.8 Å². The summed E-state index contributed by atoms with van der Waals surface area (Å²) in [6, 6.07) is 18.9. The van der Waals surface area contributed by atoms with E-state index in [4.69, 9.17) is 4.65 Å². The molecule has 2 heterocycles. The third-order valence-corrected chi connectivity index (χ3v) is 8.93. The van der Waals surface area contributed by atoms with Crippen LogP contribution in [0.4, 0.5) is 15.8 Å². The lowest BCUT2D eigenvalue weighted by atomic mass is 9.58. The minimum Gasteiger partial charge on any atom is -0.505 e. The minimum atomic E-state index is -1.23. The molecule has 2 saturated heterocycles. The van der Waals surface area contributed by atoms with E-state index in [-0.39, 0.29) is 30.7 Å². The molecule has 6 rings (SSSR count). The highest BCUT2D eigenvalue weighted by Crippen LogP contribution is 2.51. The lowest BCUT2D eigenvalue weighted by molar-refractivity contribution is -0.384. The van der Waals surface area contributed by atoms with Crippen molar-refractivity contribution in [2.75, 3.05) is 11.5 Å². The first-order valence-corrected chi connectivity index (χ1v) is 14.7. The molecule has 3 aromatic carbocycles. The number of hydrogen-bond donors (Lipinski definition) is 3. The first kappa shape index (κ1) is 30.4. The van der Waals surface area contributed by atoms with Crippen LogP contribution in [-0.4, -0.2) is 51.8 Å². The maximum Gasteiger partial charge on any atom is 0.455 e. The summed E-state index contributed by atoms with van der Waals surface area (Å²) in [6.45, 7) is -0.364. The number of benzene rings is 3. The number of nitro benzene ring substituents is 1. The number of amides is 2. The number of phenols is 1. The molecule has 0 radical (unpaired) electrons. The van der Waals surface area contributed by atoms with E-state index in [2.05, 4.69) is 0 Å². The number of aromatic hydroxyl groups is 1. The Morgan fingerprint density at radius 1 is 1.07 bits per heavy atom. The van der Waals surface area contributed by atoms with Crippen LogP contribution in [0.2, 0.25) is 6.32 Å². The number of non-ortho nitro benzene ring substituents is 1. The number of halogens is 1. The number of imide groups is 1. The SMILES string of the molecule is O=C1[C@@H]2[C@@H](CC(CO)=C3[C@@H](CC/C(=C/c4ccc(O)c(F)c4)c4ccccc4)OB(O)C[C@@H]32)C(=O)N1c1cccc([N+](=O)[O-])c1. The molecule has 45 heavy (non-hydrogen) atoms. The fraction of sp³-hybridized carbons (Fsp3) is 0.273. The van der Waals surface area contributed by atoms with E-state index in [1.807, 2.05) is 36.4 Å². The monoisotopic (exact) mass is 612 g/mol. The highest BCUT2D eigenvalue weighted by atomic mass is 19.1. The van der Waals surface area contributed by atoms with Gasteiger partial charge >= 0.3 is 7.12 Å². The van der Waals surface area contributed by atoms with Gasteiger partial charge in [0.25, 0.3) is 5.69 Å². The highest BCUT2D eigenvalue weighted by molar-refractivity contribution is 6.43. The van der Waals surface area contributed by atoms with Gasteiger partial charge in [0.1, 0.15) is 0 Å². The number of nitro groups is 1. The van der Waals surface area contributed by atoms with E-state index in [9.17, 15) is 39.3 Å². The molecule has 3 aromatic rings. The van der Waals surface area contributed by atoms with Crippen molar-refractivity contribution in [3.63, 3.8) is 0 Å². The van der Waals surface area contributed by atoms with E-state index >= 15 is 0 Å². The number of aliphatic hydroxyl groups is 1. The molecule has 0 saturated carbocycles. The molecule has 230 valence electrons. The second-order valence-electron chi connectivity index (χ2n) is 11.5. The Kier molecular flexibility index (Phi) is 8.37. The molecule has 4 atom stereocenters. The number of carbonyl (C=O) groups is 2. The maximum atomic E-state index is 14.1. The average Bonchev–Trinajstić information content (AvgIpc) is 3.29. The predicted octanol–water partition coefficient (Wildman–Crippen LogP) is 4.75. The van der Waals surface area contributed by atoms with Crippen molar-refractivity contribution in [3.05, 3.63) is 111 Å². The molecule has 0 aromatic heterocycles. The van der Waals surface area contributed by atoms with E-state index in [1.54, 1.807) is 6.07 Å². The van der Waals surface area contributed by atoms with Crippen LogP contribution in [0, 0.1) is 33.7 Å². The topological polar surface area (TPSA) is 150 Å². The van der Waals surface area contributed by atoms with Gasteiger partial charge in [-0.05, 0) is 77.5 Å². The Hall–Kier alpha value is -4.65. The summed E-state index contributed by atoms with van der Waals surface area (Å²) in [5.74, 6) is -4.40. The molecule has 3 N–H and O–H groups in total. The summed E-state index contributed by atoms with van der Waals surface area (Å²) >= 11 is 0. The van der Waals surface area contributed by atoms with Crippen LogP contribution in [0.25, 0.3) is 11.6 Å².